The van der Waals surface area contributed by atoms with Gasteiger partial charge in [0.25, 0.3) is 6.43 Å². The molecule has 0 amide bonds. The topological polar surface area (TPSA) is 45.1 Å². The molecule has 1 aromatic carbocycles. The van der Waals surface area contributed by atoms with Gasteiger partial charge in [0.05, 0.1) is 12.5 Å². The first-order valence-electron chi connectivity index (χ1n) is 4.77. The summed E-state index contributed by atoms with van der Waals surface area (Å²) in [5, 5.41) is 10.9. The number of rotatable bonds is 3. The maximum absolute atomic E-state index is 13.0. The molecule has 0 saturated heterocycles. The summed E-state index contributed by atoms with van der Waals surface area (Å²) in [6.07, 6.45) is -1.59. The third kappa shape index (κ3) is 2.11. The minimum Gasteiger partial charge on any atom is -0.545 e. The van der Waals surface area contributed by atoms with E-state index in [-0.39, 0.29) is 16.5 Å². The van der Waals surface area contributed by atoms with E-state index in [9.17, 15) is 23.1 Å². The number of carboxylic acid groups (broad SMARTS) is 1. The summed E-state index contributed by atoms with van der Waals surface area (Å²) in [4.78, 5) is 10.8. The molecule has 0 atom stereocenters. The molecule has 1 aromatic heterocycles. The Morgan fingerprint density at radius 2 is 2.12 bits per heavy atom. The van der Waals surface area contributed by atoms with Crippen LogP contribution in [0.3, 0.4) is 0 Å². The van der Waals surface area contributed by atoms with E-state index in [2.05, 4.69) is 0 Å². The van der Waals surface area contributed by atoms with Gasteiger partial charge in [-0.15, -0.1) is 0 Å². The zero-order valence-electron chi connectivity index (χ0n) is 8.49. The van der Waals surface area contributed by atoms with Crippen molar-refractivity contribution in [3.05, 3.63) is 35.8 Å². The summed E-state index contributed by atoms with van der Waals surface area (Å²) in [7, 11) is 0. The van der Waals surface area contributed by atoms with Crippen LogP contribution in [0.15, 0.2) is 24.4 Å². The molecule has 0 bridgehead atoms. The lowest BCUT2D eigenvalue weighted by Gasteiger charge is -2.03. The summed E-state index contributed by atoms with van der Waals surface area (Å²) >= 11 is 0. The molecule has 0 fully saturated rings. The van der Waals surface area contributed by atoms with Crippen molar-refractivity contribution in [3.8, 4) is 0 Å². The second-order valence-corrected chi connectivity index (χ2v) is 3.54. The number of aromatic nitrogens is 1. The van der Waals surface area contributed by atoms with Crippen LogP contribution in [0.25, 0.3) is 10.9 Å². The highest BCUT2D eigenvalue weighted by molar-refractivity contribution is 6.02. The molecule has 2 rings (SSSR count). The summed E-state index contributed by atoms with van der Waals surface area (Å²) in [5.41, 5.74) is -0.0500. The number of aromatic carboxylic acids is 1. The Labute approximate surface area is 94.1 Å². The predicted molar refractivity (Wildman–Crippen MR) is 52.2 cm³/mol. The summed E-state index contributed by atoms with van der Waals surface area (Å²) in [6.45, 7) is -0.643. The third-order valence-corrected chi connectivity index (χ3v) is 2.40. The number of hydrogen-bond donors (Lipinski definition) is 0. The van der Waals surface area contributed by atoms with E-state index in [0.29, 0.717) is 0 Å². The lowest BCUT2D eigenvalue weighted by Crippen LogP contribution is -2.21. The van der Waals surface area contributed by atoms with Crippen molar-refractivity contribution in [3.63, 3.8) is 0 Å². The van der Waals surface area contributed by atoms with Gasteiger partial charge in [-0.25, -0.2) is 13.2 Å². The number of carboxylic acids is 1. The fourth-order valence-electron chi connectivity index (χ4n) is 1.73. The molecule has 0 aliphatic carbocycles. The van der Waals surface area contributed by atoms with Gasteiger partial charge in [0, 0.05) is 22.7 Å². The molecule has 0 spiro atoms. The third-order valence-electron chi connectivity index (χ3n) is 2.40. The number of nitrogens with zero attached hydrogens (tertiary/aromatic N) is 1. The van der Waals surface area contributed by atoms with E-state index in [0.717, 1.165) is 22.9 Å². The highest BCUT2D eigenvalue weighted by Crippen LogP contribution is 2.23. The van der Waals surface area contributed by atoms with Gasteiger partial charge in [0.1, 0.15) is 5.82 Å². The second-order valence-electron chi connectivity index (χ2n) is 3.54. The minimum absolute atomic E-state index is 0.0608. The van der Waals surface area contributed by atoms with Crippen molar-refractivity contribution in [2.24, 2.45) is 0 Å². The van der Waals surface area contributed by atoms with E-state index in [1.165, 1.54) is 6.07 Å². The molecule has 0 saturated carbocycles. The Kier molecular flexibility index (Phi) is 2.79. The molecule has 0 unspecified atom stereocenters. The second kappa shape index (κ2) is 4.12. The number of halogens is 3. The summed E-state index contributed by atoms with van der Waals surface area (Å²) in [5.74, 6) is -2.15. The van der Waals surface area contributed by atoms with Gasteiger partial charge in [-0.05, 0) is 18.2 Å². The minimum atomic E-state index is -2.62. The van der Waals surface area contributed by atoms with Crippen LogP contribution in [0.4, 0.5) is 13.2 Å². The van der Waals surface area contributed by atoms with E-state index < -0.39 is 24.8 Å². The Hall–Kier alpha value is -1.98. The predicted octanol–water partition coefficient (Wildman–Crippen LogP) is 1.41. The van der Waals surface area contributed by atoms with E-state index in [1.807, 2.05) is 0 Å². The van der Waals surface area contributed by atoms with Gasteiger partial charge >= 0.3 is 0 Å². The largest absolute Gasteiger partial charge is 0.545 e. The van der Waals surface area contributed by atoms with E-state index in [1.54, 1.807) is 0 Å². The van der Waals surface area contributed by atoms with Crippen molar-refractivity contribution in [2.45, 2.75) is 13.0 Å². The smallest absolute Gasteiger partial charge is 0.256 e. The molecule has 0 radical (unpaired) electrons. The Morgan fingerprint density at radius 3 is 2.71 bits per heavy atom. The van der Waals surface area contributed by atoms with Crippen molar-refractivity contribution in [1.82, 2.24) is 4.57 Å². The number of carbonyl (C=O) groups is 1. The molecule has 90 valence electrons. The van der Waals surface area contributed by atoms with Crippen molar-refractivity contribution < 1.29 is 23.1 Å². The normalized spacial score (nSPS) is 11.3. The SMILES string of the molecule is O=C([O-])c1cn(CC(F)F)c2ccc(F)cc12. The van der Waals surface area contributed by atoms with Crippen molar-refractivity contribution in [2.75, 3.05) is 0 Å². The molecule has 2 aromatic rings. The maximum atomic E-state index is 13.0. The van der Waals surface area contributed by atoms with Gasteiger partial charge in [-0.1, -0.05) is 0 Å². The summed E-state index contributed by atoms with van der Waals surface area (Å²) < 4.78 is 38.6. The van der Waals surface area contributed by atoms with Crippen LogP contribution in [-0.2, 0) is 6.54 Å². The number of hydrogen-bond acceptors (Lipinski definition) is 2. The fraction of sp³-hybridized carbons (Fsp3) is 0.182. The maximum Gasteiger partial charge on any atom is 0.256 e. The molecule has 6 heteroatoms. The van der Waals surface area contributed by atoms with Crippen LogP contribution in [0, 0.1) is 5.82 Å². The molecule has 17 heavy (non-hydrogen) atoms. The molecule has 0 N–H and O–H groups in total. The van der Waals surface area contributed by atoms with Crippen molar-refractivity contribution >= 4 is 16.9 Å². The monoisotopic (exact) mass is 242 g/mol. The van der Waals surface area contributed by atoms with Crippen molar-refractivity contribution in [1.29, 1.82) is 0 Å². The highest BCUT2D eigenvalue weighted by Gasteiger charge is 2.13. The van der Waals surface area contributed by atoms with Gasteiger partial charge in [-0.3, -0.25) is 0 Å². The highest BCUT2D eigenvalue weighted by atomic mass is 19.3. The lowest BCUT2D eigenvalue weighted by atomic mass is 10.2. The Bertz CT molecular complexity index is 577. The Balaban J connectivity index is 2.66. The first-order chi connectivity index (χ1) is 7.99. The van der Waals surface area contributed by atoms with Gasteiger partial charge < -0.3 is 14.5 Å². The van der Waals surface area contributed by atoms with Crippen LogP contribution in [-0.4, -0.2) is 17.0 Å². The Morgan fingerprint density at radius 1 is 1.41 bits per heavy atom. The number of carbonyl (C=O) groups excluding carboxylic acids is 1. The number of alkyl halides is 2. The van der Waals surface area contributed by atoms with Crippen LogP contribution >= 0.6 is 0 Å². The summed E-state index contributed by atoms with van der Waals surface area (Å²) in [6, 6.07) is 3.34. The molecular formula is C11H7F3NO2-. The zero-order chi connectivity index (χ0) is 12.6. The van der Waals surface area contributed by atoms with Gasteiger partial charge in [-0.2, -0.15) is 0 Å². The van der Waals surface area contributed by atoms with E-state index in [4.69, 9.17) is 0 Å². The first-order valence-corrected chi connectivity index (χ1v) is 4.77. The quantitative estimate of drug-likeness (QED) is 0.816. The fourth-order valence-corrected chi connectivity index (χ4v) is 1.73. The molecular weight excluding hydrogens is 235 g/mol. The van der Waals surface area contributed by atoms with Gasteiger partial charge in [0.15, 0.2) is 0 Å². The molecule has 0 aliphatic rings. The molecule has 3 nitrogen and oxygen atoms in total. The molecule has 1 heterocycles. The lowest BCUT2D eigenvalue weighted by molar-refractivity contribution is -0.254. The number of benzene rings is 1. The number of fused-ring (bicyclic) bond motifs is 1. The standard InChI is InChI=1S/C11H8F3NO2/c12-6-1-2-9-7(3-6)8(11(16)17)4-15(9)5-10(13)14/h1-4,10H,5H2,(H,16,17)/p-1. The average molecular weight is 242 g/mol. The van der Waals surface area contributed by atoms with Crippen LogP contribution in [0.1, 0.15) is 10.4 Å². The van der Waals surface area contributed by atoms with Crippen LogP contribution in [0.2, 0.25) is 0 Å². The zero-order valence-corrected chi connectivity index (χ0v) is 8.49. The van der Waals surface area contributed by atoms with Gasteiger partial charge in [0.2, 0.25) is 0 Å². The van der Waals surface area contributed by atoms with Crippen LogP contribution < -0.4 is 5.11 Å². The van der Waals surface area contributed by atoms with E-state index >= 15 is 0 Å². The average Bonchev–Trinajstić information content (AvgIpc) is 2.55. The van der Waals surface area contributed by atoms with Crippen LogP contribution in [0.5, 0.6) is 0 Å². The first kappa shape index (κ1) is 11.5. The molecule has 0 aliphatic heterocycles.